The summed E-state index contributed by atoms with van der Waals surface area (Å²) in [5, 5.41) is 14.2. The van der Waals surface area contributed by atoms with Crippen LogP contribution < -0.4 is 69.0 Å². The molecule has 1 aliphatic rings. The molecule has 7 nitrogen and oxygen atoms in total. The minimum Gasteiger partial charge on any atom is -0.768 e. The van der Waals surface area contributed by atoms with Gasteiger partial charge in [0.05, 0.1) is 12.6 Å². The summed E-state index contributed by atoms with van der Waals surface area (Å²) in [7, 11) is 0. The maximum Gasteiger partial charge on any atom is 1.00 e. The van der Waals surface area contributed by atoms with Crippen LogP contribution in [0.3, 0.4) is 0 Å². The fourth-order valence-corrected chi connectivity index (χ4v) is 1.98. The zero-order valence-corrected chi connectivity index (χ0v) is 14.3. The molecule has 2 heterocycles. The van der Waals surface area contributed by atoms with Gasteiger partial charge in [-0.25, -0.2) is 4.68 Å². The van der Waals surface area contributed by atoms with E-state index in [-0.39, 0.29) is 65.0 Å². The van der Waals surface area contributed by atoms with Crippen molar-refractivity contribution >= 4 is 17.0 Å². The number of ether oxygens (including phenoxy) is 1. The van der Waals surface area contributed by atoms with E-state index in [1.807, 2.05) is 0 Å². The molecule has 1 unspecified atom stereocenters. The molecule has 0 saturated carbocycles. The van der Waals surface area contributed by atoms with Gasteiger partial charge in [-0.15, -0.1) is 0 Å². The van der Waals surface area contributed by atoms with Crippen LogP contribution in [0.2, 0.25) is 0 Å². The number of carboxylic acids is 1. The van der Waals surface area contributed by atoms with Crippen LogP contribution in [0.5, 0.6) is 5.88 Å². The van der Waals surface area contributed by atoms with E-state index in [0.717, 1.165) is 0 Å². The molecule has 0 N–H and O–H groups in total. The smallest absolute Gasteiger partial charge is 0.768 e. The second-order valence-electron chi connectivity index (χ2n) is 2.93. The molecule has 1 aliphatic heterocycles. The predicted molar refractivity (Wildman–Crippen MR) is 43.9 cm³/mol. The van der Waals surface area contributed by atoms with E-state index in [2.05, 4.69) is 5.10 Å². The summed E-state index contributed by atoms with van der Waals surface area (Å²) in [6.07, 6.45) is 0.659. The van der Waals surface area contributed by atoms with Crippen LogP contribution in [0.1, 0.15) is 16.9 Å². The third-order valence-corrected chi connectivity index (χ3v) is 2.68. The molecule has 0 radical (unpaired) electrons. The van der Waals surface area contributed by atoms with Crippen LogP contribution in [0.25, 0.3) is 0 Å². The maximum absolute atomic E-state index is 10.8. The van der Waals surface area contributed by atoms with Gasteiger partial charge in [0, 0.05) is 13.0 Å². The molecule has 0 aromatic carbocycles. The number of carbonyl (C=O) groups is 1. The van der Waals surface area contributed by atoms with Crippen molar-refractivity contribution in [2.24, 2.45) is 0 Å². The van der Waals surface area contributed by atoms with Crippen LogP contribution in [0.15, 0.2) is 4.90 Å². The van der Waals surface area contributed by atoms with Gasteiger partial charge in [-0.05, 0) is 11.1 Å². The number of hydrogen-bond donors (Lipinski definition) is 0. The Bertz CT molecular complexity index is 450. The number of nitrogens with zero attached hydrogens (tertiary/aromatic N) is 2. The molecule has 82 valence electrons. The van der Waals surface area contributed by atoms with Crippen molar-refractivity contribution in [3.63, 3.8) is 0 Å². The van der Waals surface area contributed by atoms with Gasteiger partial charge in [0.1, 0.15) is 10.6 Å². The monoisotopic (exact) mass is 276 g/mol. The molecule has 0 aliphatic carbocycles. The molecule has 1 atom stereocenters. The average molecular weight is 276 g/mol. The summed E-state index contributed by atoms with van der Waals surface area (Å²) in [5.74, 6) is -1.64. The van der Waals surface area contributed by atoms with Gasteiger partial charge < -0.3 is 19.2 Å². The first kappa shape index (κ1) is 17.6. The molecule has 1 aromatic heterocycles. The summed E-state index contributed by atoms with van der Waals surface area (Å²) < 4.78 is 28.0. The number of aryl methyl sites for hydroxylation is 1. The number of rotatable bonds is 2. The molecule has 1 aromatic rings. The van der Waals surface area contributed by atoms with Gasteiger partial charge >= 0.3 is 59.1 Å². The summed E-state index contributed by atoms with van der Waals surface area (Å²) in [4.78, 5) is 10.2. The Hall–Kier alpha value is 0.590. The van der Waals surface area contributed by atoms with Crippen LogP contribution in [0.4, 0.5) is 0 Å². The minimum absolute atomic E-state index is 0. The van der Waals surface area contributed by atoms with Crippen LogP contribution in [-0.2, 0) is 17.6 Å². The Morgan fingerprint density at radius 2 is 2.12 bits per heavy atom. The molecule has 0 saturated heterocycles. The van der Waals surface area contributed by atoms with E-state index in [4.69, 9.17) is 4.74 Å². The standard InChI is InChI=1S/C7H8N2O5S.2Na/c10-7(11)4-5(15(12)13)6-9(8-4)2-1-3-14-6;;/h1-3H2,(H,10,11)(H,12,13);;/q;2*+1/p-2. The van der Waals surface area contributed by atoms with Gasteiger partial charge in [0.15, 0.2) is 0 Å². The molecule has 0 spiro atoms. The van der Waals surface area contributed by atoms with E-state index in [1.165, 1.54) is 4.68 Å². The number of fused-ring (bicyclic) bond motifs is 1. The largest absolute Gasteiger partial charge is 1.00 e. The Balaban J connectivity index is 0.00000128. The molecule has 0 bridgehead atoms. The molecule has 0 amide bonds. The Labute approximate surface area is 144 Å². The first-order valence-corrected chi connectivity index (χ1v) is 5.23. The van der Waals surface area contributed by atoms with E-state index in [0.29, 0.717) is 19.6 Å². The fraction of sp³-hybridized carbons (Fsp3) is 0.429. The molecule has 0 fully saturated rings. The van der Waals surface area contributed by atoms with E-state index < -0.39 is 27.6 Å². The Morgan fingerprint density at radius 3 is 2.65 bits per heavy atom. The molecule has 2 rings (SSSR count). The van der Waals surface area contributed by atoms with Crippen molar-refractivity contribution in [2.75, 3.05) is 6.61 Å². The topological polar surface area (TPSA) is 107 Å². The number of carbonyl (C=O) groups excluding carboxylic acids is 1. The average Bonchev–Trinajstić information content (AvgIpc) is 2.56. The van der Waals surface area contributed by atoms with Crippen molar-refractivity contribution in [3.05, 3.63) is 5.69 Å². The fourth-order valence-electron chi connectivity index (χ4n) is 1.39. The van der Waals surface area contributed by atoms with Crippen molar-refractivity contribution < 1.29 is 82.5 Å². The van der Waals surface area contributed by atoms with Gasteiger partial charge in [0.2, 0.25) is 5.88 Å². The normalized spacial score (nSPS) is 14.6. The van der Waals surface area contributed by atoms with Crippen LogP contribution >= 0.6 is 0 Å². The predicted octanol–water partition coefficient (Wildman–Crippen LogP) is -7.72. The minimum atomic E-state index is -2.70. The summed E-state index contributed by atoms with van der Waals surface area (Å²) in [6.45, 7) is 0.787. The maximum atomic E-state index is 10.8. The summed E-state index contributed by atoms with van der Waals surface area (Å²) in [5.41, 5.74) is -0.597. The number of hydrogen-bond acceptors (Lipinski definition) is 6. The molecular weight excluding hydrogens is 270 g/mol. The second kappa shape index (κ2) is 7.25. The number of carboxylic acid groups (broad SMARTS) is 1. The molecular formula is C7H6N2Na2O5S. The third kappa shape index (κ3) is 3.54. The zero-order chi connectivity index (χ0) is 11.0. The number of aromatic carboxylic acids is 1. The van der Waals surface area contributed by atoms with Gasteiger partial charge in [-0.1, -0.05) is 0 Å². The van der Waals surface area contributed by atoms with Crippen molar-refractivity contribution in [1.29, 1.82) is 0 Å². The molecule has 17 heavy (non-hydrogen) atoms. The van der Waals surface area contributed by atoms with Gasteiger partial charge in [-0.3, -0.25) is 4.21 Å². The SMILES string of the molecule is O=C([O-])c1nn2c(c1S(=O)[O-])OCCC2.[Na+].[Na+]. The Kier molecular flexibility index (Phi) is 7.50. The van der Waals surface area contributed by atoms with Crippen molar-refractivity contribution in [3.8, 4) is 5.88 Å². The first-order chi connectivity index (χ1) is 7.11. The van der Waals surface area contributed by atoms with E-state index in [9.17, 15) is 18.7 Å². The van der Waals surface area contributed by atoms with Crippen LogP contribution in [-0.4, -0.2) is 31.1 Å². The Morgan fingerprint density at radius 1 is 1.47 bits per heavy atom. The third-order valence-electron chi connectivity index (χ3n) is 1.98. The van der Waals surface area contributed by atoms with E-state index in [1.54, 1.807) is 0 Å². The first-order valence-electron chi connectivity index (χ1n) is 4.15. The van der Waals surface area contributed by atoms with Crippen molar-refractivity contribution in [1.82, 2.24) is 9.78 Å². The quantitative estimate of drug-likeness (QED) is 0.392. The molecule has 10 heteroatoms. The zero-order valence-electron chi connectivity index (χ0n) is 9.47. The van der Waals surface area contributed by atoms with Gasteiger partial charge in [-0.2, -0.15) is 5.10 Å². The second-order valence-corrected chi connectivity index (χ2v) is 3.81. The van der Waals surface area contributed by atoms with Crippen molar-refractivity contribution in [2.45, 2.75) is 17.9 Å². The summed E-state index contributed by atoms with van der Waals surface area (Å²) >= 11 is -2.70. The van der Waals surface area contributed by atoms with E-state index >= 15 is 0 Å². The van der Waals surface area contributed by atoms with Crippen LogP contribution in [0, 0.1) is 0 Å². The number of aromatic nitrogens is 2. The van der Waals surface area contributed by atoms with Gasteiger partial charge in [0.25, 0.3) is 0 Å². The summed E-state index contributed by atoms with van der Waals surface area (Å²) in [6, 6.07) is 0.